The summed E-state index contributed by atoms with van der Waals surface area (Å²) in [7, 11) is 5.97. The standard InChI is InChI=1S/C22H34NO4S/c1-22(17-7-5-6-8-17,18-9-11-20(12-10-18)28-27-25-4)21(24)26-19-13-15-23(2,3)16-14-19/h9-12,17,19H,5-8,13-16H2,1-4H3/q+1. The Morgan fingerprint density at radius 2 is 1.68 bits per heavy atom. The molecule has 0 radical (unpaired) electrons. The summed E-state index contributed by atoms with van der Waals surface area (Å²) < 4.78 is 12.1. The van der Waals surface area contributed by atoms with E-state index in [1.54, 1.807) is 0 Å². The van der Waals surface area contributed by atoms with Crippen molar-refractivity contribution in [1.82, 2.24) is 0 Å². The molecular formula is C22H34NO4S+. The van der Waals surface area contributed by atoms with Crippen molar-refractivity contribution in [2.75, 3.05) is 34.3 Å². The number of nitrogens with zero attached hydrogens (tertiary/aromatic N) is 1. The van der Waals surface area contributed by atoms with E-state index >= 15 is 0 Å². The molecule has 5 nitrogen and oxygen atoms in total. The summed E-state index contributed by atoms with van der Waals surface area (Å²) in [4.78, 5) is 19.1. The lowest BCUT2D eigenvalue weighted by Crippen LogP contribution is -2.50. The topological polar surface area (TPSA) is 44.8 Å². The van der Waals surface area contributed by atoms with Gasteiger partial charge in [-0.15, -0.1) is 0 Å². The zero-order valence-electron chi connectivity index (χ0n) is 17.6. The van der Waals surface area contributed by atoms with E-state index in [-0.39, 0.29) is 12.1 Å². The molecule has 0 bridgehead atoms. The number of rotatable bonds is 7. The average Bonchev–Trinajstić information content (AvgIpc) is 3.23. The molecule has 2 aliphatic rings. The molecule has 1 saturated heterocycles. The number of benzene rings is 1. The highest BCUT2D eigenvalue weighted by molar-refractivity contribution is 7.94. The predicted molar refractivity (Wildman–Crippen MR) is 111 cm³/mol. The Morgan fingerprint density at radius 3 is 2.25 bits per heavy atom. The highest BCUT2D eigenvalue weighted by Gasteiger charge is 2.46. The van der Waals surface area contributed by atoms with Crippen LogP contribution in [0.3, 0.4) is 0 Å². The Kier molecular flexibility index (Phi) is 7.07. The maximum atomic E-state index is 13.5. The number of carbonyl (C=O) groups is 1. The van der Waals surface area contributed by atoms with Crippen LogP contribution in [0.1, 0.15) is 51.0 Å². The molecule has 1 aromatic carbocycles. The van der Waals surface area contributed by atoms with Gasteiger partial charge < -0.3 is 9.22 Å². The van der Waals surface area contributed by atoms with E-state index in [1.165, 1.54) is 32.0 Å². The summed E-state index contributed by atoms with van der Waals surface area (Å²) in [6, 6.07) is 8.06. The molecule has 156 valence electrons. The van der Waals surface area contributed by atoms with Gasteiger partial charge in [0.15, 0.2) is 0 Å². The van der Waals surface area contributed by atoms with E-state index in [9.17, 15) is 4.79 Å². The number of carbonyl (C=O) groups excluding carboxylic acids is 1. The van der Waals surface area contributed by atoms with Gasteiger partial charge in [0.2, 0.25) is 0 Å². The minimum Gasteiger partial charge on any atom is -0.461 e. The number of esters is 1. The Morgan fingerprint density at radius 1 is 1.07 bits per heavy atom. The summed E-state index contributed by atoms with van der Waals surface area (Å²) in [5.41, 5.74) is 0.446. The quantitative estimate of drug-likeness (QED) is 0.218. The maximum Gasteiger partial charge on any atom is 0.316 e. The van der Waals surface area contributed by atoms with E-state index in [0.29, 0.717) is 5.92 Å². The highest BCUT2D eigenvalue weighted by atomic mass is 32.2. The minimum absolute atomic E-state index is 0.0457. The lowest BCUT2D eigenvalue weighted by Gasteiger charge is -2.39. The molecule has 0 spiro atoms. The van der Waals surface area contributed by atoms with Gasteiger partial charge in [-0.05, 0) is 43.4 Å². The van der Waals surface area contributed by atoms with Gasteiger partial charge in [0.25, 0.3) is 0 Å². The first-order chi connectivity index (χ1) is 13.3. The van der Waals surface area contributed by atoms with E-state index < -0.39 is 5.41 Å². The first kappa shape index (κ1) is 21.6. The number of likely N-dealkylation sites (tertiary alicyclic amines) is 1. The molecule has 1 aliphatic carbocycles. The van der Waals surface area contributed by atoms with Crippen LogP contribution >= 0.6 is 12.0 Å². The predicted octanol–water partition coefficient (Wildman–Crippen LogP) is 4.50. The summed E-state index contributed by atoms with van der Waals surface area (Å²) >= 11 is 1.17. The van der Waals surface area contributed by atoms with Crippen LogP contribution < -0.4 is 0 Å². The fraction of sp³-hybridized carbons (Fsp3) is 0.682. The molecule has 0 N–H and O–H groups in total. The van der Waals surface area contributed by atoms with Gasteiger partial charge in [0, 0.05) is 17.7 Å². The van der Waals surface area contributed by atoms with E-state index in [4.69, 9.17) is 9.07 Å². The van der Waals surface area contributed by atoms with Crippen LogP contribution in [0, 0.1) is 5.92 Å². The zero-order chi connectivity index (χ0) is 20.2. The summed E-state index contributed by atoms with van der Waals surface area (Å²) in [6.45, 7) is 4.20. The number of hydrogen-bond acceptors (Lipinski definition) is 5. The van der Waals surface area contributed by atoms with Crippen LogP contribution in [0.2, 0.25) is 0 Å². The van der Waals surface area contributed by atoms with Gasteiger partial charge in [-0.3, -0.25) is 4.79 Å². The van der Waals surface area contributed by atoms with Gasteiger partial charge in [-0.2, -0.15) is 4.33 Å². The Hall–Kier alpha value is -1.08. The molecule has 1 heterocycles. The average molecular weight is 409 g/mol. The van der Waals surface area contributed by atoms with Gasteiger partial charge >= 0.3 is 5.97 Å². The maximum absolute atomic E-state index is 13.5. The van der Waals surface area contributed by atoms with Gasteiger partial charge in [0.1, 0.15) is 6.10 Å². The van der Waals surface area contributed by atoms with Crippen LogP contribution in [0.4, 0.5) is 0 Å². The second-order valence-corrected chi connectivity index (χ2v) is 9.79. The largest absolute Gasteiger partial charge is 0.461 e. The zero-order valence-corrected chi connectivity index (χ0v) is 18.4. The molecule has 1 aromatic rings. The highest BCUT2D eigenvalue weighted by Crippen LogP contribution is 2.44. The van der Waals surface area contributed by atoms with Crippen molar-refractivity contribution in [3.8, 4) is 0 Å². The van der Waals surface area contributed by atoms with Crippen molar-refractivity contribution in [3.05, 3.63) is 29.8 Å². The second kappa shape index (κ2) is 9.16. The van der Waals surface area contributed by atoms with E-state index in [2.05, 4.69) is 25.9 Å². The number of ether oxygens (including phenoxy) is 1. The van der Waals surface area contributed by atoms with E-state index in [0.717, 1.165) is 53.7 Å². The van der Waals surface area contributed by atoms with Gasteiger partial charge in [-0.1, -0.05) is 25.0 Å². The van der Waals surface area contributed by atoms with Crippen molar-refractivity contribution in [3.63, 3.8) is 0 Å². The molecule has 1 unspecified atom stereocenters. The lowest BCUT2D eigenvalue weighted by atomic mass is 9.71. The Labute approximate surface area is 173 Å². The van der Waals surface area contributed by atoms with Crippen molar-refractivity contribution >= 4 is 18.0 Å². The van der Waals surface area contributed by atoms with Crippen LogP contribution in [0.5, 0.6) is 0 Å². The van der Waals surface area contributed by atoms with Crippen LogP contribution in [-0.4, -0.2) is 50.9 Å². The first-order valence-corrected chi connectivity index (χ1v) is 11.1. The number of piperidine rings is 1. The van der Waals surface area contributed by atoms with Crippen LogP contribution in [0.15, 0.2) is 29.2 Å². The van der Waals surface area contributed by atoms with Crippen molar-refractivity contribution in [2.45, 2.75) is 61.9 Å². The third-order valence-corrected chi connectivity index (χ3v) is 7.30. The van der Waals surface area contributed by atoms with Crippen LogP contribution in [0.25, 0.3) is 0 Å². The third-order valence-electron chi connectivity index (χ3n) is 6.63. The summed E-state index contributed by atoms with van der Waals surface area (Å²) in [5, 5.41) is 0. The second-order valence-electron chi connectivity index (χ2n) is 9.01. The van der Waals surface area contributed by atoms with Gasteiger partial charge in [-0.25, -0.2) is 4.89 Å². The molecule has 1 saturated carbocycles. The summed E-state index contributed by atoms with van der Waals surface area (Å²) in [5.74, 6) is 0.287. The molecule has 0 amide bonds. The van der Waals surface area contributed by atoms with Crippen molar-refractivity contribution < 1.29 is 23.2 Å². The molecular weight excluding hydrogens is 374 g/mol. The molecule has 2 fully saturated rings. The minimum atomic E-state index is -0.594. The smallest absolute Gasteiger partial charge is 0.316 e. The first-order valence-electron chi connectivity index (χ1n) is 10.4. The lowest BCUT2D eigenvalue weighted by molar-refractivity contribution is -0.896. The number of hydrogen-bond donors (Lipinski definition) is 0. The van der Waals surface area contributed by atoms with Crippen molar-refractivity contribution in [1.29, 1.82) is 0 Å². The molecule has 1 atom stereocenters. The van der Waals surface area contributed by atoms with Crippen LogP contribution in [-0.2, 0) is 24.2 Å². The molecule has 28 heavy (non-hydrogen) atoms. The van der Waals surface area contributed by atoms with Crippen molar-refractivity contribution in [2.24, 2.45) is 5.92 Å². The third kappa shape index (κ3) is 4.90. The Balaban J connectivity index is 1.76. The fourth-order valence-corrected chi connectivity index (χ4v) is 4.98. The molecule has 1 aliphatic heterocycles. The molecule has 6 heteroatoms. The number of quaternary nitrogens is 1. The van der Waals surface area contributed by atoms with E-state index in [1.807, 2.05) is 24.3 Å². The molecule has 0 aromatic heterocycles. The van der Waals surface area contributed by atoms with Gasteiger partial charge in [0.05, 0.1) is 51.8 Å². The fourth-order valence-electron chi connectivity index (χ4n) is 4.59. The monoisotopic (exact) mass is 408 g/mol. The molecule has 3 rings (SSSR count). The SMILES string of the molecule is COOSc1ccc(C(C)(C(=O)OC2CC[N+](C)(C)CC2)C2CCCC2)cc1. The normalized spacial score (nSPS) is 22.7. The summed E-state index contributed by atoms with van der Waals surface area (Å²) in [6.07, 6.45) is 6.50. The Bertz CT molecular complexity index is 647.